The molecule has 0 radical (unpaired) electrons. The largest absolute Gasteiger partial charge is 0.336 e. The second kappa shape index (κ2) is 4.42. The van der Waals surface area contributed by atoms with Crippen LogP contribution in [0.25, 0.3) is 0 Å². The maximum absolute atomic E-state index is 12.3. The number of nitrogens with one attached hydrogen (secondary N) is 2. The van der Waals surface area contributed by atoms with Crippen molar-refractivity contribution in [1.29, 1.82) is 0 Å². The van der Waals surface area contributed by atoms with Gasteiger partial charge in [-0.1, -0.05) is 0 Å². The molecule has 1 aromatic heterocycles. The van der Waals surface area contributed by atoms with Gasteiger partial charge in [-0.25, -0.2) is 4.79 Å². The lowest BCUT2D eigenvalue weighted by atomic mass is 10.1. The number of urea groups is 1. The third-order valence-electron chi connectivity index (χ3n) is 3.55. The molecule has 0 aliphatic carbocycles. The Morgan fingerprint density at radius 2 is 2.11 bits per heavy atom. The highest BCUT2D eigenvalue weighted by Gasteiger charge is 2.36. The molecular weight excluding hydrogens is 248 g/mol. The molecule has 19 heavy (non-hydrogen) atoms. The Hall–Kier alpha value is -2.31. The van der Waals surface area contributed by atoms with Crippen LogP contribution in [-0.4, -0.2) is 58.9 Å². The number of piperazine rings is 1. The van der Waals surface area contributed by atoms with Gasteiger partial charge in [-0.3, -0.25) is 9.59 Å². The molecular formula is C12H14N4O3. The summed E-state index contributed by atoms with van der Waals surface area (Å²) in [5, 5.41) is 2.77. The Morgan fingerprint density at radius 3 is 2.84 bits per heavy atom. The van der Waals surface area contributed by atoms with Crippen molar-refractivity contribution in [2.24, 2.45) is 0 Å². The van der Waals surface area contributed by atoms with Gasteiger partial charge >= 0.3 is 6.03 Å². The van der Waals surface area contributed by atoms with Crippen LogP contribution in [0.3, 0.4) is 0 Å². The van der Waals surface area contributed by atoms with Gasteiger partial charge in [0.05, 0.1) is 11.6 Å². The minimum absolute atomic E-state index is 0.0490. The van der Waals surface area contributed by atoms with Crippen molar-refractivity contribution in [2.75, 3.05) is 26.2 Å². The fourth-order valence-electron chi connectivity index (χ4n) is 2.51. The Balaban J connectivity index is 1.73. The highest BCUT2D eigenvalue weighted by Crippen LogP contribution is 2.15. The van der Waals surface area contributed by atoms with Crippen LogP contribution in [0.1, 0.15) is 10.4 Å². The number of H-pyrrole nitrogens is 1. The van der Waals surface area contributed by atoms with Crippen molar-refractivity contribution in [3.8, 4) is 0 Å². The van der Waals surface area contributed by atoms with Crippen LogP contribution < -0.4 is 10.9 Å². The van der Waals surface area contributed by atoms with Gasteiger partial charge in [0.25, 0.3) is 5.91 Å². The predicted octanol–water partition coefficient (Wildman–Crippen LogP) is -0.775. The monoisotopic (exact) mass is 262 g/mol. The van der Waals surface area contributed by atoms with E-state index in [1.54, 1.807) is 9.80 Å². The molecule has 2 aliphatic heterocycles. The number of amides is 3. The molecule has 0 aromatic carbocycles. The van der Waals surface area contributed by atoms with E-state index in [0.29, 0.717) is 31.7 Å². The molecule has 100 valence electrons. The first-order chi connectivity index (χ1) is 9.15. The zero-order valence-corrected chi connectivity index (χ0v) is 10.3. The normalized spacial score (nSPS) is 22.1. The number of hydrogen-bond acceptors (Lipinski definition) is 3. The van der Waals surface area contributed by atoms with Crippen LogP contribution in [0.5, 0.6) is 0 Å². The Labute approximate surface area is 109 Å². The zero-order chi connectivity index (χ0) is 13.4. The van der Waals surface area contributed by atoms with E-state index >= 15 is 0 Å². The molecule has 0 spiro atoms. The molecule has 3 heterocycles. The maximum atomic E-state index is 12.3. The summed E-state index contributed by atoms with van der Waals surface area (Å²) in [5.74, 6) is -0.116. The summed E-state index contributed by atoms with van der Waals surface area (Å²) in [6.45, 7) is 2.17. The molecule has 0 saturated carbocycles. The number of pyridine rings is 1. The molecule has 3 rings (SSSR count). The molecule has 7 heteroatoms. The van der Waals surface area contributed by atoms with Crippen LogP contribution in [0.15, 0.2) is 23.1 Å². The van der Waals surface area contributed by atoms with Crippen LogP contribution >= 0.6 is 0 Å². The Morgan fingerprint density at radius 1 is 1.26 bits per heavy atom. The standard InChI is InChI=1S/C12H14N4O3/c17-10-2-1-8(5-13-10)11(18)15-3-4-16-9(7-15)6-14-12(16)19/h1-2,5,9H,3-4,6-7H2,(H,13,17)(H,14,19). The smallest absolute Gasteiger partial charge is 0.317 e. The Kier molecular flexibility index (Phi) is 2.73. The molecule has 2 fully saturated rings. The van der Waals surface area contributed by atoms with Gasteiger partial charge in [-0.2, -0.15) is 0 Å². The number of aromatic nitrogens is 1. The molecule has 3 amide bonds. The lowest BCUT2D eigenvalue weighted by Crippen LogP contribution is -2.53. The topological polar surface area (TPSA) is 85.5 Å². The molecule has 2 saturated heterocycles. The van der Waals surface area contributed by atoms with E-state index in [9.17, 15) is 14.4 Å². The first-order valence-corrected chi connectivity index (χ1v) is 6.17. The van der Waals surface area contributed by atoms with E-state index in [4.69, 9.17) is 0 Å². The van der Waals surface area contributed by atoms with Crippen LogP contribution in [-0.2, 0) is 0 Å². The van der Waals surface area contributed by atoms with E-state index in [-0.39, 0.29) is 23.5 Å². The summed E-state index contributed by atoms with van der Waals surface area (Å²) < 4.78 is 0. The number of rotatable bonds is 1. The van der Waals surface area contributed by atoms with Gasteiger partial charge in [0.1, 0.15) is 0 Å². The molecule has 1 unspecified atom stereocenters. The van der Waals surface area contributed by atoms with Crippen LogP contribution in [0, 0.1) is 0 Å². The van der Waals surface area contributed by atoms with Crippen molar-refractivity contribution in [1.82, 2.24) is 20.1 Å². The van der Waals surface area contributed by atoms with Gasteiger partial charge in [0.15, 0.2) is 0 Å². The molecule has 1 atom stereocenters. The number of carbonyl (C=O) groups is 2. The van der Waals surface area contributed by atoms with Crippen molar-refractivity contribution in [2.45, 2.75) is 6.04 Å². The quantitative estimate of drug-likeness (QED) is 0.696. The maximum Gasteiger partial charge on any atom is 0.317 e. The van der Waals surface area contributed by atoms with E-state index in [1.807, 2.05) is 0 Å². The fourth-order valence-corrected chi connectivity index (χ4v) is 2.51. The zero-order valence-electron chi connectivity index (χ0n) is 10.3. The highest BCUT2D eigenvalue weighted by atomic mass is 16.2. The first-order valence-electron chi connectivity index (χ1n) is 6.17. The van der Waals surface area contributed by atoms with Crippen molar-refractivity contribution in [3.63, 3.8) is 0 Å². The summed E-state index contributed by atoms with van der Waals surface area (Å²) in [5.41, 5.74) is 0.234. The third-order valence-corrected chi connectivity index (χ3v) is 3.55. The van der Waals surface area contributed by atoms with Gasteiger partial charge in [-0.05, 0) is 6.07 Å². The summed E-state index contributed by atoms with van der Waals surface area (Å²) in [4.78, 5) is 40.7. The minimum Gasteiger partial charge on any atom is -0.336 e. The lowest BCUT2D eigenvalue weighted by Gasteiger charge is -2.36. The number of nitrogens with zero attached hydrogens (tertiary/aromatic N) is 2. The minimum atomic E-state index is -0.230. The van der Waals surface area contributed by atoms with Crippen LogP contribution in [0.2, 0.25) is 0 Å². The second-order valence-corrected chi connectivity index (χ2v) is 4.73. The molecule has 2 aliphatic rings. The number of hydrogen-bond donors (Lipinski definition) is 2. The fraction of sp³-hybridized carbons (Fsp3) is 0.417. The number of carbonyl (C=O) groups excluding carboxylic acids is 2. The summed E-state index contributed by atoms with van der Waals surface area (Å²) in [6.07, 6.45) is 1.43. The van der Waals surface area contributed by atoms with E-state index in [1.165, 1.54) is 18.3 Å². The summed E-state index contributed by atoms with van der Waals surface area (Å²) >= 11 is 0. The van der Waals surface area contributed by atoms with E-state index < -0.39 is 0 Å². The average molecular weight is 262 g/mol. The number of aromatic amines is 1. The molecule has 0 bridgehead atoms. The van der Waals surface area contributed by atoms with E-state index in [2.05, 4.69) is 10.3 Å². The number of fused-ring (bicyclic) bond motifs is 1. The van der Waals surface area contributed by atoms with Gasteiger partial charge in [0, 0.05) is 38.4 Å². The van der Waals surface area contributed by atoms with Gasteiger partial charge in [-0.15, -0.1) is 0 Å². The summed E-state index contributed by atoms with van der Waals surface area (Å²) in [6, 6.07) is 2.85. The lowest BCUT2D eigenvalue weighted by molar-refractivity contribution is 0.0616. The highest BCUT2D eigenvalue weighted by molar-refractivity contribution is 5.94. The second-order valence-electron chi connectivity index (χ2n) is 4.73. The Bertz CT molecular complexity index is 562. The van der Waals surface area contributed by atoms with Gasteiger partial charge < -0.3 is 20.1 Å². The predicted molar refractivity (Wildman–Crippen MR) is 66.9 cm³/mol. The summed E-state index contributed by atoms with van der Waals surface area (Å²) in [7, 11) is 0. The first kappa shape index (κ1) is 11.8. The molecule has 1 aromatic rings. The molecule has 2 N–H and O–H groups in total. The third kappa shape index (κ3) is 2.07. The van der Waals surface area contributed by atoms with Gasteiger partial charge in [0.2, 0.25) is 5.56 Å². The van der Waals surface area contributed by atoms with Crippen molar-refractivity contribution in [3.05, 3.63) is 34.2 Å². The average Bonchev–Trinajstić information content (AvgIpc) is 2.80. The van der Waals surface area contributed by atoms with E-state index in [0.717, 1.165) is 0 Å². The molecule has 7 nitrogen and oxygen atoms in total. The van der Waals surface area contributed by atoms with Crippen LogP contribution in [0.4, 0.5) is 4.79 Å². The van der Waals surface area contributed by atoms with Crippen molar-refractivity contribution < 1.29 is 9.59 Å². The van der Waals surface area contributed by atoms with Crippen molar-refractivity contribution >= 4 is 11.9 Å². The SMILES string of the molecule is O=C(c1ccc(=O)[nH]c1)N1CCN2C(=O)NCC2C1.